The van der Waals surface area contributed by atoms with E-state index in [1.54, 1.807) is 0 Å². The van der Waals surface area contributed by atoms with Crippen LogP contribution in [0.1, 0.15) is 6.42 Å². The summed E-state index contributed by atoms with van der Waals surface area (Å²) in [6.45, 7) is 1.05. The molecule has 70 valence electrons. The van der Waals surface area contributed by atoms with Gasteiger partial charge in [-0.05, 0) is 6.42 Å². The fourth-order valence-corrected chi connectivity index (χ4v) is 1.82. The molecule has 0 aromatic carbocycles. The highest BCUT2D eigenvalue weighted by atomic mass is 35.5. The molecule has 12 heavy (non-hydrogen) atoms. The lowest BCUT2D eigenvalue weighted by atomic mass is 10.3. The number of rotatable bonds is 1. The first kappa shape index (κ1) is 9.03. The van der Waals surface area contributed by atoms with E-state index in [1.807, 2.05) is 0 Å². The Bertz CT molecular complexity index is 178. The summed E-state index contributed by atoms with van der Waals surface area (Å²) in [6.07, 6.45) is 0.669. The highest BCUT2D eigenvalue weighted by molar-refractivity contribution is 6.21. The maximum atomic E-state index is 5.98. The highest BCUT2D eigenvalue weighted by Crippen LogP contribution is 2.38. The predicted octanol–water partition coefficient (Wildman–Crippen LogP) is 1.32. The summed E-state index contributed by atoms with van der Waals surface area (Å²) in [7, 11) is 0. The Morgan fingerprint density at radius 1 is 1.42 bits per heavy atom. The van der Waals surface area contributed by atoms with Gasteiger partial charge in [0.2, 0.25) is 0 Å². The summed E-state index contributed by atoms with van der Waals surface area (Å²) in [5.74, 6) is -0.587. The summed E-state index contributed by atoms with van der Waals surface area (Å²) >= 11 is 11.6. The fraction of sp³-hybridized carbons (Fsp3) is 1.00. The third-order valence-electron chi connectivity index (χ3n) is 2.03. The SMILES string of the molecule is ClCC1COC2(OCCC2Cl)O1. The third-order valence-corrected chi connectivity index (χ3v) is 2.86. The zero-order valence-electron chi connectivity index (χ0n) is 6.46. The lowest BCUT2D eigenvalue weighted by Gasteiger charge is -2.23. The monoisotopic (exact) mass is 212 g/mol. The van der Waals surface area contributed by atoms with E-state index in [1.165, 1.54) is 0 Å². The van der Waals surface area contributed by atoms with Gasteiger partial charge in [-0.25, -0.2) is 0 Å². The van der Waals surface area contributed by atoms with E-state index in [9.17, 15) is 0 Å². The Morgan fingerprint density at radius 3 is 2.75 bits per heavy atom. The smallest absolute Gasteiger partial charge is 0.300 e. The van der Waals surface area contributed by atoms with Gasteiger partial charge in [0.25, 0.3) is 0 Å². The Labute approximate surface area is 80.9 Å². The van der Waals surface area contributed by atoms with Gasteiger partial charge in [-0.1, -0.05) is 0 Å². The van der Waals surface area contributed by atoms with E-state index >= 15 is 0 Å². The van der Waals surface area contributed by atoms with Crippen LogP contribution in [0.3, 0.4) is 0 Å². The molecule has 2 aliphatic heterocycles. The van der Waals surface area contributed by atoms with Crippen LogP contribution in [0.5, 0.6) is 0 Å². The van der Waals surface area contributed by atoms with Crippen LogP contribution in [0.2, 0.25) is 0 Å². The minimum Gasteiger partial charge on any atom is -0.326 e. The zero-order valence-corrected chi connectivity index (χ0v) is 7.98. The largest absolute Gasteiger partial charge is 0.326 e. The number of halogens is 2. The average Bonchev–Trinajstić information content (AvgIpc) is 2.63. The van der Waals surface area contributed by atoms with Crippen LogP contribution in [0.25, 0.3) is 0 Å². The summed E-state index contributed by atoms with van der Waals surface area (Å²) < 4.78 is 16.1. The van der Waals surface area contributed by atoms with Gasteiger partial charge >= 0.3 is 5.97 Å². The van der Waals surface area contributed by atoms with E-state index in [0.29, 0.717) is 19.1 Å². The first-order valence-corrected chi connectivity index (χ1v) is 4.90. The number of hydrogen-bond donors (Lipinski definition) is 0. The van der Waals surface area contributed by atoms with Gasteiger partial charge in [-0.2, -0.15) is 0 Å². The summed E-state index contributed by atoms with van der Waals surface area (Å²) in [5, 5.41) is -0.217. The Hall–Kier alpha value is 0.460. The normalized spacial score (nSPS) is 47.5. The van der Waals surface area contributed by atoms with Crippen molar-refractivity contribution in [2.24, 2.45) is 0 Å². The molecule has 5 heteroatoms. The van der Waals surface area contributed by atoms with E-state index < -0.39 is 5.97 Å². The second-order valence-electron chi connectivity index (χ2n) is 2.91. The molecule has 0 saturated carbocycles. The summed E-state index contributed by atoms with van der Waals surface area (Å²) in [4.78, 5) is 0. The lowest BCUT2D eigenvalue weighted by Crippen LogP contribution is -2.38. The quantitative estimate of drug-likeness (QED) is 0.615. The Kier molecular flexibility index (Phi) is 2.49. The van der Waals surface area contributed by atoms with Crippen LogP contribution < -0.4 is 0 Å². The van der Waals surface area contributed by atoms with Crippen molar-refractivity contribution in [2.45, 2.75) is 23.9 Å². The number of hydrogen-bond acceptors (Lipinski definition) is 3. The van der Waals surface area contributed by atoms with Gasteiger partial charge < -0.3 is 14.2 Å². The van der Waals surface area contributed by atoms with Gasteiger partial charge in [-0.15, -0.1) is 23.2 Å². The van der Waals surface area contributed by atoms with Crippen molar-refractivity contribution < 1.29 is 14.2 Å². The molecule has 1 spiro atoms. The van der Waals surface area contributed by atoms with Crippen molar-refractivity contribution in [2.75, 3.05) is 19.1 Å². The van der Waals surface area contributed by atoms with Crippen LogP contribution in [-0.2, 0) is 14.2 Å². The molecule has 3 unspecified atom stereocenters. The second kappa shape index (κ2) is 3.31. The number of ether oxygens (including phenoxy) is 3. The first-order valence-electron chi connectivity index (χ1n) is 3.92. The number of alkyl halides is 2. The van der Waals surface area contributed by atoms with Crippen molar-refractivity contribution in [3.63, 3.8) is 0 Å². The zero-order chi connectivity index (χ0) is 8.60. The Balaban J connectivity index is 2.04. The van der Waals surface area contributed by atoms with Crippen LogP contribution >= 0.6 is 23.2 Å². The van der Waals surface area contributed by atoms with Crippen molar-refractivity contribution in [1.82, 2.24) is 0 Å². The van der Waals surface area contributed by atoms with Crippen LogP contribution in [-0.4, -0.2) is 36.5 Å². The highest BCUT2D eigenvalue weighted by Gasteiger charge is 2.52. The van der Waals surface area contributed by atoms with Crippen LogP contribution in [0.15, 0.2) is 0 Å². The van der Waals surface area contributed by atoms with Crippen molar-refractivity contribution >= 4 is 23.2 Å². The molecular formula is C7H10Cl2O3. The van der Waals surface area contributed by atoms with Gasteiger partial charge in [0, 0.05) is 0 Å². The summed E-state index contributed by atoms with van der Waals surface area (Å²) in [6, 6.07) is 0. The maximum Gasteiger partial charge on any atom is 0.300 e. The van der Waals surface area contributed by atoms with Crippen LogP contribution in [0, 0.1) is 0 Å². The van der Waals surface area contributed by atoms with E-state index in [0.717, 1.165) is 6.42 Å². The third kappa shape index (κ3) is 1.34. The van der Waals surface area contributed by atoms with E-state index in [2.05, 4.69) is 0 Å². The molecule has 0 aliphatic carbocycles. The topological polar surface area (TPSA) is 27.7 Å². The van der Waals surface area contributed by atoms with Gasteiger partial charge in [0.05, 0.1) is 19.1 Å². The molecule has 2 fully saturated rings. The molecule has 2 aliphatic rings. The standard InChI is InChI=1S/C7H10Cl2O3/c8-3-5-4-11-7(12-5)6(9)1-2-10-7/h5-6H,1-4H2. The molecule has 2 heterocycles. The maximum absolute atomic E-state index is 5.98. The van der Waals surface area contributed by atoms with Crippen molar-refractivity contribution in [1.29, 1.82) is 0 Å². The van der Waals surface area contributed by atoms with Gasteiger partial charge in [0.1, 0.15) is 11.5 Å². The van der Waals surface area contributed by atoms with Crippen LogP contribution in [0.4, 0.5) is 0 Å². The van der Waals surface area contributed by atoms with Gasteiger partial charge in [-0.3, -0.25) is 0 Å². The molecule has 0 aromatic heterocycles. The summed E-state index contributed by atoms with van der Waals surface area (Å²) in [5.41, 5.74) is 0. The second-order valence-corrected chi connectivity index (χ2v) is 3.75. The average molecular weight is 213 g/mol. The lowest BCUT2D eigenvalue weighted by molar-refractivity contribution is -0.310. The minimum atomic E-state index is -0.999. The van der Waals surface area contributed by atoms with Crippen molar-refractivity contribution in [3.05, 3.63) is 0 Å². The van der Waals surface area contributed by atoms with Crippen molar-refractivity contribution in [3.8, 4) is 0 Å². The molecule has 2 saturated heterocycles. The predicted molar refractivity (Wildman–Crippen MR) is 44.5 cm³/mol. The Morgan fingerprint density at radius 2 is 2.25 bits per heavy atom. The molecule has 0 N–H and O–H groups in total. The molecule has 0 aromatic rings. The molecule has 2 rings (SSSR count). The van der Waals surface area contributed by atoms with E-state index in [-0.39, 0.29) is 11.5 Å². The fourth-order valence-electron chi connectivity index (χ4n) is 1.40. The molecule has 0 radical (unpaired) electrons. The minimum absolute atomic E-state index is 0.0917. The first-order chi connectivity index (χ1) is 5.77. The molecule has 3 atom stereocenters. The molecular weight excluding hydrogens is 203 g/mol. The van der Waals surface area contributed by atoms with E-state index in [4.69, 9.17) is 37.4 Å². The molecule has 3 nitrogen and oxygen atoms in total. The molecule has 0 bridgehead atoms. The van der Waals surface area contributed by atoms with Gasteiger partial charge in [0.15, 0.2) is 0 Å². The molecule has 0 amide bonds.